The van der Waals surface area contributed by atoms with Crippen molar-refractivity contribution >= 4 is 5.91 Å². The maximum atomic E-state index is 12.4. The quantitative estimate of drug-likeness (QED) is 0.792. The maximum absolute atomic E-state index is 12.4. The number of ether oxygens (including phenoxy) is 2. The molecule has 0 aliphatic carbocycles. The molecule has 0 saturated heterocycles. The van der Waals surface area contributed by atoms with Crippen LogP contribution < -0.4 is 14.8 Å². The molecule has 4 nitrogen and oxygen atoms in total. The summed E-state index contributed by atoms with van der Waals surface area (Å²) in [4.78, 5) is 12.4. The topological polar surface area (TPSA) is 47.6 Å². The summed E-state index contributed by atoms with van der Waals surface area (Å²) in [5, 5.41) is 2.98. The van der Waals surface area contributed by atoms with Crippen LogP contribution in [-0.4, -0.2) is 19.6 Å². The van der Waals surface area contributed by atoms with Crippen LogP contribution in [0, 0.1) is 0 Å². The number of carbonyl (C=O) groups excluding carboxylic acids is 1. The Hall–Kier alpha value is -2.75. The number of carbonyl (C=O) groups is 1. The summed E-state index contributed by atoms with van der Waals surface area (Å²) in [6, 6.07) is 14.6. The highest BCUT2D eigenvalue weighted by atomic mass is 16.5. The molecule has 0 saturated carbocycles. The molecule has 23 heavy (non-hydrogen) atoms. The number of hydrogen-bond donors (Lipinski definition) is 1. The molecule has 2 aromatic carbocycles. The van der Waals surface area contributed by atoms with Crippen LogP contribution in [0.2, 0.25) is 0 Å². The van der Waals surface area contributed by atoms with Gasteiger partial charge in [0.15, 0.2) is 0 Å². The molecule has 120 valence electrons. The van der Waals surface area contributed by atoms with Gasteiger partial charge in [0.25, 0.3) is 5.91 Å². The summed E-state index contributed by atoms with van der Waals surface area (Å²) in [6.07, 6.45) is 1.67. The predicted octanol–water partition coefficient (Wildman–Crippen LogP) is 3.75. The van der Waals surface area contributed by atoms with E-state index in [-0.39, 0.29) is 11.9 Å². The minimum Gasteiger partial charge on any atom is -0.497 e. The largest absolute Gasteiger partial charge is 0.497 e. The Labute approximate surface area is 136 Å². The summed E-state index contributed by atoms with van der Waals surface area (Å²) < 4.78 is 10.6. The molecule has 0 radical (unpaired) electrons. The molecule has 1 unspecified atom stereocenters. The van der Waals surface area contributed by atoms with Crippen LogP contribution in [0.15, 0.2) is 61.2 Å². The SMILES string of the molecule is C=CCOc1cccc(C(=O)NC(C)c2ccc(OC)cc2)c1. The Morgan fingerprint density at radius 2 is 1.96 bits per heavy atom. The molecular formula is C19H21NO3. The molecule has 0 aliphatic heterocycles. The lowest BCUT2D eigenvalue weighted by Crippen LogP contribution is -2.26. The minimum absolute atomic E-state index is 0.105. The van der Waals surface area contributed by atoms with E-state index in [0.29, 0.717) is 17.9 Å². The zero-order valence-electron chi connectivity index (χ0n) is 13.4. The molecule has 0 spiro atoms. The molecule has 4 heteroatoms. The van der Waals surface area contributed by atoms with Crippen molar-refractivity contribution < 1.29 is 14.3 Å². The third kappa shape index (κ3) is 4.61. The summed E-state index contributed by atoms with van der Waals surface area (Å²) in [6.45, 7) is 5.96. The Kier molecular flexibility index (Phi) is 5.80. The van der Waals surface area contributed by atoms with Crippen LogP contribution in [0.1, 0.15) is 28.9 Å². The van der Waals surface area contributed by atoms with Gasteiger partial charge in [-0.25, -0.2) is 0 Å². The fraction of sp³-hybridized carbons (Fsp3) is 0.211. The molecule has 2 aromatic rings. The Bertz CT molecular complexity index is 665. The number of hydrogen-bond acceptors (Lipinski definition) is 3. The van der Waals surface area contributed by atoms with Gasteiger partial charge in [0, 0.05) is 5.56 Å². The second-order valence-corrected chi connectivity index (χ2v) is 5.10. The van der Waals surface area contributed by atoms with Gasteiger partial charge in [-0.15, -0.1) is 0 Å². The monoisotopic (exact) mass is 311 g/mol. The van der Waals surface area contributed by atoms with E-state index in [1.165, 1.54) is 0 Å². The molecule has 0 fully saturated rings. The number of amides is 1. The van der Waals surface area contributed by atoms with Gasteiger partial charge in [-0.05, 0) is 42.8 Å². The molecule has 1 atom stereocenters. The standard InChI is InChI=1S/C19H21NO3/c1-4-12-23-18-7-5-6-16(13-18)19(21)20-14(2)15-8-10-17(22-3)11-9-15/h4-11,13-14H,1,12H2,2-3H3,(H,20,21). The summed E-state index contributed by atoms with van der Waals surface area (Å²) >= 11 is 0. The van der Waals surface area contributed by atoms with Gasteiger partial charge in [-0.1, -0.05) is 30.9 Å². The Morgan fingerprint density at radius 1 is 1.22 bits per heavy atom. The van der Waals surface area contributed by atoms with Crippen LogP contribution in [0.4, 0.5) is 0 Å². The zero-order chi connectivity index (χ0) is 16.7. The van der Waals surface area contributed by atoms with E-state index in [2.05, 4.69) is 11.9 Å². The molecular weight excluding hydrogens is 290 g/mol. The van der Waals surface area contributed by atoms with Gasteiger partial charge < -0.3 is 14.8 Å². The van der Waals surface area contributed by atoms with E-state index >= 15 is 0 Å². The lowest BCUT2D eigenvalue weighted by molar-refractivity contribution is 0.0939. The van der Waals surface area contributed by atoms with E-state index in [9.17, 15) is 4.79 Å². The fourth-order valence-electron chi connectivity index (χ4n) is 2.14. The highest BCUT2D eigenvalue weighted by Crippen LogP contribution is 2.19. The summed E-state index contributed by atoms with van der Waals surface area (Å²) in [7, 11) is 1.63. The van der Waals surface area contributed by atoms with Crippen molar-refractivity contribution in [1.29, 1.82) is 0 Å². The average molecular weight is 311 g/mol. The minimum atomic E-state index is -0.141. The third-order valence-electron chi connectivity index (χ3n) is 3.43. The van der Waals surface area contributed by atoms with E-state index in [4.69, 9.17) is 9.47 Å². The van der Waals surface area contributed by atoms with E-state index < -0.39 is 0 Å². The number of benzene rings is 2. The number of methoxy groups -OCH3 is 1. The van der Waals surface area contributed by atoms with Crippen molar-refractivity contribution in [2.24, 2.45) is 0 Å². The first kappa shape index (κ1) is 16.6. The van der Waals surface area contributed by atoms with E-state index in [0.717, 1.165) is 11.3 Å². The van der Waals surface area contributed by atoms with Crippen LogP contribution in [-0.2, 0) is 0 Å². The number of nitrogens with one attached hydrogen (secondary N) is 1. The molecule has 0 heterocycles. The lowest BCUT2D eigenvalue weighted by atomic mass is 10.1. The van der Waals surface area contributed by atoms with E-state index in [1.807, 2.05) is 37.3 Å². The van der Waals surface area contributed by atoms with Crippen LogP contribution in [0.25, 0.3) is 0 Å². The highest BCUT2D eigenvalue weighted by Gasteiger charge is 2.12. The first-order chi connectivity index (χ1) is 11.1. The second-order valence-electron chi connectivity index (χ2n) is 5.10. The van der Waals surface area contributed by atoms with Gasteiger partial charge in [-0.2, -0.15) is 0 Å². The average Bonchev–Trinajstić information content (AvgIpc) is 2.60. The van der Waals surface area contributed by atoms with Crippen LogP contribution >= 0.6 is 0 Å². The summed E-state index contributed by atoms with van der Waals surface area (Å²) in [5.74, 6) is 1.30. The number of rotatable bonds is 7. The fourth-order valence-corrected chi connectivity index (χ4v) is 2.14. The lowest BCUT2D eigenvalue weighted by Gasteiger charge is -2.15. The predicted molar refractivity (Wildman–Crippen MR) is 91.0 cm³/mol. The van der Waals surface area contributed by atoms with Gasteiger partial charge in [0.1, 0.15) is 18.1 Å². The van der Waals surface area contributed by atoms with Gasteiger partial charge in [0.05, 0.1) is 13.2 Å². The van der Waals surface area contributed by atoms with Crippen molar-refractivity contribution in [3.63, 3.8) is 0 Å². The molecule has 2 rings (SSSR count). The van der Waals surface area contributed by atoms with Crippen molar-refractivity contribution in [2.75, 3.05) is 13.7 Å². The molecule has 1 amide bonds. The Balaban J connectivity index is 2.03. The summed E-state index contributed by atoms with van der Waals surface area (Å²) in [5.41, 5.74) is 1.57. The molecule has 0 aliphatic rings. The third-order valence-corrected chi connectivity index (χ3v) is 3.43. The van der Waals surface area contributed by atoms with Crippen LogP contribution in [0.5, 0.6) is 11.5 Å². The second kappa shape index (κ2) is 8.03. The molecule has 0 aromatic heterocycles. The van der Waals surface area contributed by atoms with Gasteiger partial charge in [-0.3, -0.25) is 4.79 Å². The van der Waals surface area contributed by atoms with Gasteiger partial charge >= 0.3 is 0 Å². The first-order valence-corrected chi connectivity index (χ1v) is 7.42. The van der Waals surface area contributed by atoms with Crippen molar-refractivity contribution in [3.8, 4) is 11.5 Å². The highest BCUT2D eigenvalue weighted by molar-refractivity contribution is 5.94. The maximum Gasteiger partial charge on any atom is 0.251 e. The van der Waals surface area contributed by atoms with Crippen molar-refractivity contribution in [2.45, 2.75) is 13.0 Å². The van der Waals surface area contributed by atoms with Crippen LogP contribution in [0.3, 0.4) is 0 Å². The van der Waals surface area contributed by atoms with E-state index in [1.54, 1.807) is 31.4 Å². The van der Waals surface area contributed by atoms with Crippen molar-refractivity contribution in [1.82, 2.24) is 5.32 Å². The molecule has 0 bridgehead atoms. The smallest absolute Gasteiger partial charge is 0.251 e. The Morgan fingerprint density at radius 3 is 2.61 bits per heavy atom. The van der Waals surface area contributed by atoms with Crippen molar-refractivity contribution in [3.05, 3.63) is 72.3 Å². The normalized spacial score (nSPS) is 11.4. The molecule has 1 N–H and O–H groups in total. The zero-order valence-corrected chi connectivity index (χ0v) is 13.4. The van der Waals surface area contributed by atoms with Gasteiger partial charge in [0.2, 0.25) is 0 Å². The first-order valence-electron chi connectivity index (χ1n) is 7.42.